The first kappa shape index (κ1) is 18.7. The fourth-order valence-electron chi connectivity index (χ4n) is 2.26. The Labute approximate surface area is 152 Å². The van der Waals surface area contributed by atoms with Crippen LogP contribution < -0.4 is 24.8 Å². The fraction of sp³-hybridized carbons (Fsp3) is 0.278. The van der Waals surface area contributed by atoms with Crippen LogP contribution in [0.4, 0.5) is 11.4 Å². The molecule has 1 amide bonds. The molecule has 134 valence electrons. The third kappa shape index (κ3) is 5.19. The van der Waals surface area contributed by atoms with Crippen molar-refractivity contribution in [2.75, 3.05) is 38.5 Å². The van der Waals surface area contributed by atoms with E-state index >= 15 is 0 Å². The first-order chi connectivity index (χ1) is 12.1. The van der Waals surface area contributed by atoms with Gasteiger partial charge in [0.1, 0.15) is 0 Å². The molecule has 0 saturated heterocycles. The molecule has 0 spiro atoms. The Hall–Kier alpha value is -2.60. The summed E-state index contributed by atoms with van der Waals surface area (Å²) in [4.78, 5) is 12.0. The van der Waals surface area contributed by atoms with E-state index in [-0.39, 0.29) is 5.91 Å². The van der Waals surface area contributed by atoms with Crippen LogP contribution in [0.15, 0.2) is 36.4 Å². The van der Waals surface area contributed by atoms with Gasteiger partial charge in [-0.1, -0.05) is 11.6 Å². The topological polar surface area (TPSA) is 68.8 Å². The molecule has 0 aromatic heterocycles. The van der Waals surface area contributed by atoms with Crippen molar-refractivity contribution >= 4 is 28.9 Å². The second-order valence-electron chi connectivity index (χ2n) is 5.15. The molecule has 2 aromatic carbocycles. The number of ether oxygens (including phenoxy) is 3. The van der Waals surface area contributed by atoms with Gasteiger partial charge in [0.25, 0.3) is 0 Å². The highest BCUT2D eigenvalue weighted by Gasteiger charge is 2.13. The molecule has 0 aliphatic carbocycles. The molecule has 0 atom stereocenters. The molecule has 0 radical (unpaired) electrons. The highest BCUT2D eigenvalue weighted by Crippen LogP contribution is 2.39. The highest BCUT2D eigenvalue weighted by atomic mass is 35.5. The zero-order valence-corrected chi connectivity index (χ0v) is 15.1. The molecular weight excluding hydrogens is 344 g/mol. The number of methoxy groups -OCH3 is 3. The van der Waals surface area contributed by atoms with E-state index in [4.69, 9.17) is 25.8 Å². The Kier molecular flexibility index (Phi) is 6.77. The summed E-state index contributed by atoms with van der Waals surface area (Å²) in [5.74, 6) is 1.53. The predicted octanol–water partition coefficient (Wildman–Crippen LogP) is 3.81. The standard InChI is InChI=1S/C18H21ClN2O4/c1-23-15-10-14(11-16(24-2)18(15)25-3)20-9-8-17(22)21-13-6-4-12(19)5-7-13/h4-7,10-11,20H,8-9H2,1-3H3,(H,21,22). The average Bonchev–Trinajstić information content (AvgIpc) is 2.62. The molecule has 0 fully saturated rings. The minimum absolute atomic E-state index is 0.0951. The first-order valence-corrected chi connectivity index (χ1v) is 8.04. The van der Waals surface area contributed by atoms with E-state index in [0.29, 0.717) is 40.9 Å². The van der Waals surface area contributed by atoms with Crippen LogP contribution in [0.5, 0.6) is 17.2 Å². The number of carbonyl (C=O) groups is 1. The zero-order valence-electron chi connectivity index (χ0n) is 14.4. The molecule has 0 aliphatic heterocycles. The van der Waals surface area contributed by atoms with Crippen molar-refractivity contribution in [3.63, 3.8) is 0 Å². The summed E-state index contributed by atoms with van der Waals surface area (Å²) in [6, 6.07) is 10.5. The Morgan fingerprint density at radius 3 is 2.08 bits per heavy atom. The predicted molar refractivity (Wildman–Crippen MR) is 99.3 cm³/mol. The molecule has 2 aromatic rings. The van der Waals surface area contributed by atoms with Crippen LogP contribution in [-0.4, -0.2) is 33.8 Å². The molecule has 0 heterocycles. The lowest BCUT2D eigenvalue weighted by molar-refractivity contribution is -0.115. The van der Waals surface area contributed by atoms with Crippen molar-refractivity contribution in [2.45, 2.75) is 6.42 Å². The Balaban J connectivity index is 1.92. The molecule has 0 bridgehead atoms. The van der Waals surface area contributed by atoms with Crippen LogP contribution in [0.1, 0.15) is 6.42 Å². The maximum absolute atomic E-state index is 12.0. The SMILES string of the molecule is COc1cc(NCCC(=O)Nc2ccc(Cl)cc2)cc(OC)c1OC. The monoisotopic (exact) mass is 364 g/mol. The summed E-state index contributed by atoms with van der Waals surface area (Å²) in [5, 5.41) is 6.61. The van der Waals surface area contributed by atoms with E-state index in [0.717, 1.165) is 5.69 Å². The normalized spacial score (nSPS) is 10.1. The van der Waals surface area contributed by atoms with E-state index in [1.165, 1.54) is 0 Å². The van der Waals surface area contributed by atoms with Gasteiger partial charge in [-0.05, 0) is 24.3 Å². The van der Waals surface area contributed by atoms with Crippen molar-refractivity contribution in [1.29, 1.82) is 0 Å². The summed E-state index contributed by atoms with van der Waals surface area (Å²) in [5.41, 5.74) is 1.48. The van der Waals surface area contributed by atoms with Gasteiger partial charge in [-0.15, -0.1) is 0 Å². The molecule has 0 saturated carbocycles. The third-order valence-corrected chi connectivity index (χ3v) is 3.73. The van der Waals surface area contributed by atoms with Crippen molar-refractivity contribution in [1.82, 2.24) is 0 Å². The number of hydrogen-bond donors (Lipinski definition) is 2. The van der Waals surface area contributed by atoms with Crippen LogP contribution in [0, 0.1) is 0 Å². The molecule has 2 N–H and O–H groups in total. The van der Waals surface area contributed by atoms with Gasteiger partial charge in [0, 0.05) is 41.5 Å². The van der Waals surface area contributed by atoms with E-state index in [9.17, 15) is 4.79 Å². The number of anilines is 2. The summed E-state index contributed by atoms with van der Waals surface area (Å²) in [6.07, 6.45) is 0.305. The fourth-order valence-corrected chi connectivity index (χ4v) is 2.39. The first-order valence-electron chi connectivity index (χ1n) is 7.66. The number of benzene rings is 2. The van der Waals surface area contributed by atoms with Gasteiger partial charge in [0.15, 0.2) is 11.5 Å². The molecule has 25 heavy (non-hydrogen) atoms. The van der Waals surface area contributed by atoms with Crippen LogP contribution >= 0.6 is 11.6 Å². The van der Waals surface area contributed by atoms with Gasteiger partial charge in [-0.2, -0.15) is 0 Å². The highest BCUT2D eigenvalue weighted by molar-refractivity contribution is 6.30. The number of nitrogens with one attached hydrogen (secondary N) is 2. The number of amides is 1. The molecule has 2 rings (SSSR count). The van der Waals surface area contributed by atoms with Gasteiger partial charge in [-0.25, -0.2) is 0 Å². The van der Waals surface area contributed by atoms with Crippen molar-refractivity contribution < 1.29 is 19.0 Å². The smallest absolute Gasteiger partial charge is 0.226 e. The van der Waals surface area contributed by atoms with E-state index in [2.05, 4.69) is 10.6 Å². The van der Waals surface area contributed by atoms with E-state index in [1.807, 2.05) is 0 Å². The van der Waals surface area contributed by atoms with Gasteiger partial charge >= 0.3 is 0 Å². The van der Waals surface area contributed by atoms with Crippen molar-refractivity contribution in [3.8, 4) is 17.2 Å². The summed E-state index contributed by atoms with van der Waals surface area (Å²) in [7, 11) is 4.66. The van der Waals surface area contributed by atoms with Gasteiger partial charge in [0.05, 0.1) is 21.3 Å². The molecule has 7 heteroatoms. The second kappa shape index (κ2) is 9.03. The second-order valence-corrected chi connectivity index (χ2v) is 5.58. The number of halogens is 1. The van der Waals surface area contributed by atoms with Gasteiger partial charge in [-0.3, -0.25) is 4.79 Å². The number of hydrogen-bond acceptors (Lipinski definition) is 5. The molecular formula is C18H21ClN2O4. The molecule has 0 aliphatic rings. The van der Waals surface area contributed by atoms with E-state index in [1.54, 1.807) is 57.7 Å². The largest absolute Gasteiger partial charge is 0.493 e. The van der Waals surface area contributed by atoms with Crippen LogP contribution in [0.25, 0.3) is 0 Å². The Bertz CT molecular complexity index is 695. The van der Waals surface area contributed by atoms with Gasteiger partial charge < -0.3 is 24.8 Å². The maximum Gasteiger partial charge on any atom is 0.226 e. The third-order valence-electron chi connectivity index (χ3n) is 3.47. The molecule has 0 unspecified atom stereocenters. The lowest BCUT2D eigenvalue weighted by Gasteiger charge is -2.15. The number of rotatable bonds is 8. The lowest BCUT2D eigenvalue weighted by atomic mass is 10.2. The average molecular weight is 365 g/mol. The van der Waals surface area contributed by atoms with E-state index < -0.39 is 0 Å². The Morgan fingerprint density at radius 2 is 1.56 bits per heavy atom. The van der Waals surface area contributed by atoms with Crippen molar-refractivity contribution in [3.05, 3.63) is 41.4 Å². The number of carbonyl (C=O) groups excluding carboxylic acids is 1. The maximum atomic E-state index is 12.0. The quantitative estimate of drug-likeness (QED) is 0.745. The summed E-state index contributed by atoms with van der Waals surface area (Å²) < 4.78 is 15.9. The summed E-state index contributed by atoms with van der Waals surface area (Å²) in [6.45, 7) is 0.456. The van der Waals surface area contributed by atoms with Gasteiger partial charge in [0.2, 0.25) is 11.7 Å². The zero-order chi connectivity index (χ0) is 18.2. The van der Waals surface area contributed by atoms with Crippen LogP contribution in [0.3, 0.4) is 0 Å². The minimum Gasteiger partial charge on any atom is -0.493 e. The lowest BCUT2D eigenvalue weighted by Crippen LogP contribution is -2.16. The Morgan fingerprint density at radius 1 is 0.960 bits per heavy atom. The van der Waals surface area contributed by atoms with Crippen LogP contribution in [-0.2, 0) is 4.79 Å². The van der Waals surface area contributed by atoms with Crippen molar-refractivity contribution in [2.24, 2.45) is 0 Å². The minimum atomic E-state index is -0.0951. The van der Waals surface area contributed by atoms with Crippen LogP contribution in [0.2, 0.25) is 5.02 Å². The summed E-state index contributed by atoms with van der Waals surface area (Å²) >= 11 is 5.82. The molecule has 6 nitrogen and oxygen atoms in total.